The molecule has 0 amide bonds. The Hall–Kier alpha value is -1.67. The number of nitrogens with zero attached hydrogens (tertiary/aromatic N) is 3. The van der Waals surface area contributed by atoms with E-state index in [1.54, 1.807) is 6.07 Å². The van der Waals surface area contributed by atoms with E-state index in [0.717, 1.165) is 8.95 Å². The molecule has 2 rings (SSSR count). The number of amidine groups is 1. The van der Waals surface area contributed by atoms with Gasteiger partial charge in [-0.2, -0.15) is 0 Å². The van der Waals surface area contributed by atoms with E-state index in [2.05, 4.69) is 47.0 Å². The normalized spacial score (nSPS) is 11.4. The lowest BCUT2D eigenvalue weighted by Crippen LogP contribution is -2.15. The predicted molar refractivity (Wildman–Crippen MR) is 76.5 cm³/mol. The molecule has 0 radical (unpaired) electrons. The Morgan fingerprint density at radius 2 is 2.05 bits per heavy atom. The van der Waals surface area contributed by atoms with Gasteiger partial charge in [-0.3, -0.25) is 0 Å². The maximum atomic E-state index is 8.51. The minimum absolute atomic E-state index is 0.108. The molecule has 0 bridgehead atoms. The van der Waals surface area contributed by atoms with Gasteiger partial charge >= 0.3 is 0 Å². The van der Waals surface area contributed by atoms with Crippen LogP contribution in [0.1, 0.15) is 5.69 Å². The van der Waals surface area contributed by atoms with Crippen LogP contribution < -0.4 is 10.5 Å². The molecule has 6 nitrogen and oxygen atoms in total. The smallest absolute Gasteiger partial charge is 0.237 e. The Morgan fingerprint density at radius 3 is 2.63 bits per heavy atom. The first-order chi connectivity index (χ1) is 9.10. The Morgan fingerprint density at radius 1 is 1.26 bits per heavy atom. The monoisotopic (exact) mass is 386 g/mol. The summed E-state index contributed by atoms with van der Waals surface area (Å²) < 4.78 is 7.26. The lowest BCUT2D eigenvalue weighted by molar-refractivity contribution is 0.318. The van der Waals surface area contributed by atoms with Crippen molar-refractivity contribution >= 4 is 37.7 Å². The standard InChI is InChI=1S/C11H8Br2N4O2/c12-6-1-2-9(7(13)3-6)19-10-5-15-8(4-16-10)11(14)17-18/h1-5,18H,(H2,14,17). The quantitative estimate of drug-likeness (QED) is 0.365. The van der Waals surface area contributed by atoms with Gasteiger partial charge in [0.1, 0.15) is 11.4 Å². The second-order valence-corrected chi connectivity index (χ2v) is 5.17. The van der Waals surface area contributed by atoms with Gasteiger partial charge in [0.05, 0.1) is 16.9 Å². The fourth-order valence-electron chi connectivity index (χ4n) is 1.22. The molecule has 0 saturated heterocycles. The molecular formula is C11H8Br2N4O2. The number of hydrogen-bond acceptors (Lipinski definition) is 5. The summed E-state index contributed by atoms with van der Waals surface area (Å²) in [5.41, 5.74) is 5.65. The van der Waals surface area contributed by atoms with Gasteiger partial charge in [-0.05, 0) is 34.1 Å². The van der Waals surface area contributed by atoms with Crippen LogP contribution in [0.5, 0.6) is 11.6 Å². The van der Waals surface area contributed by atoms with E-state index < -0.39 is 0 Å². The Bertz CT molecular complexity index is 617. The third-order valence-electron chi connectivity index (χ3n) is 2.11. The van der Waals surface area contributed by atoms with Crippen LogP contribution in [-0.2, 0) is 0 Å². The van der Waals surface area contributed by atoms with Crippen molar-refractivity contribution in [2.45, 2.75) is 0 Å². The molecule has 2 aromatic rings. The average Bonchev–Trinajstić information content (AvgIpc) is 2.42. The molecule has 0 aliphatic rings. The van der Waals surface area contributed by atoms with E-state index in [1.165, 1.54) is 12.4 Å². The molecule has 3 N–H and O–H groups in total. The minimum Gasteiger partial charge on any atom is -0.436 e. The molecule has 0 unspecified atom stereocenters. The van der Waals surface area contributed by atoms with E-state index in [0.29, 0.717) is 11.6 Å². The number of hydrogen-bond donors (Lipinski definition) is 2. The van der Waals surface area contributed by atoms with Gasteiger partial charge < -0.3 is 15.7 Å². The molecule has 98 valence electrons. The van der Waals surface area contributed by atoms with Crippen molar-refractivity contribution in [3.63, 3.8) is 0 Å². The first kappa shape index (κ1) is 13.8. The van der Waals surface area contributed by atoms with Crippen LogP contribution in [-0.4, -0.2) is 21.0 Å². The predicted octanol–water partition coefficient (Wildman–Crippen LogP) is 2.89. The van der Waals surface area contributed by atoms with E-state index in [4.69, 9.17) is 15.7 Å². The summed E-state index contributed by atoms with van der Waals surface area (Å²) in [7, 11) is 0. The topological polar surface area (TPSA) is 93.6 Å². The lowest BCUT2D eigenvalue weighted by Gasteiger charge is -2.07. The maximum Gasteiger partial charge on any atom is 0.237 e. The maximum absolute atomic E-state index is 8.51. The SMILES string of the molecule is NC(=NO)c1cnc(Oc2ccc(Br)cc2Br)cn1. The van der Waals surface area contributed by atoms with Gasteiger partial charge in [0.25, 0.3) is 0 Å². The molecule has 1 heterocycles. The van der Waals surface area contributed by atoms with Gasteiger partial charge in [-0.25, -0.2) is 9.97 Å². The van der Waals surface area contributed by atoms with Crippen molar-refractivity contribution < 1.29 is 9.94 Å². The van der Waals surface area contributed by atoms with Crippen molar-refractivity contribution in [2.75, 3.05) is 0 Å². The first-order valence-electron chi connectivity index (χ1n) is 5.03. The summed E-state index contributed by atoms with van der Waals surface area (Å²) in [6.07, 6.45) is 2.75. The number of halogens is 2. The highest BCUT2D eigenvalue weighted by Gasteiger charge is 2.06. The molecule has 19 heavy (non-hydrogen) atoms. The number of aromatic nitrogens is 2. The summed E-state index contributed by atoms with van der Waals surface area (Å²) in [6.45, 7) is 0. The Labute approximate surface area is 125 Å². The zero-order valence-electron chi connectivity index (χ0n) is 9.42. The molecule has 0 fully saturated rings. The number of nitrogens with two attached hydrogens (primary N) is 1. The molecule has 1 aromatic heterocycles. The highest BCUT2D eigenvalue weighted by molar-refractivity contribution is 9.11. The van der Waals surface area contributed by atoms with Crippen molar-refractivity contribution in [3.05, 3.63) is 45.2 Å². The fraction of sp³-hybridized carbons (Fsp3) is 0. The third-order valence-corrected chi connectivity index (χ3v) is 3.22. The average molecular weight is 388 g/mol. The van der Waals surface area contributed by atoms with Gasteiger partial charge in [-0.15, -0.1) is 0 Å². The van der Waals surface area contributed by atoms with Crippen LogP contribution in [0.15, 0.2) is 44.7 Å². The van der Waals surface area contributed by atoms with Crippen molar-refractivity contribution in [2.24, 2.45) is 10.9 Å². The van der Waals surface area contributed by atoms with Gasteiger partial charge in [-0.1, -0.05) is 21.1 Å². The van der Waals surface area contributed by atoms with Crippen LogP contribution in [0.3, 0.4) is 0 Å². The molecule has 0 aliphatic heterocycles. The molecule has 0 saturated carbocycles. The van der Waals surface area contributed by atoms with Crippen molar-refractivity contribution in [1.29, 1.82) is 0 Å². The largest absolute Gasteiger partial charge is 0.436 e. The Kier molecular flexibility index (Phi) is 4.33. The molecule has 0 spiro atoms. The summed E-state index contributed by atoms with van der Waals surface area (Å²) in [5, 5.41) is 11.3. The highest BCUT2D eigenvalue weighted by Crippen LogP contribution is 2.30. The Balaban J connectivity index is 2.20. The van der Waals surface area contributed by atoms with Gasteiger partial charge in [0, 0.05) is 4.47 Å². The first-order valence-corrected chi connectivity index (χ1v) is 6.61. The summed E-state index contributed by atoms with van der Waals surface area (Å²) in [4.78, 5) is 7.98. The van der Waals surface area contributed by atoms with Crippen molar-refractivity contribution in [1.82, 2.24) is 9.97 Å². The van der Waals surface area contributed by atoms with E-state index in [1.807, 2.05) is 12.1 Å². The molecular weight excluding hydrogens is 380 g/mol. The van der Waals surface area contributed by atoms with Crippen LogP contribution in [0.25, 0.3) is 0 Å². The van der Waals surface area contributed by atoms with Gasteiger partial charge in [0.15, 0.2) is 5.84 Å². The van der Waals surface area contributed by atoms with Crippen molar-refractivity contribution in [3.8, 4) is 11.6 Å². The van der Waals surface area contributed by atoms with Crippen LogP contribution in [0.4, 0.5) is 0 Å². The minimum atomic E-state index is -0.108. The van der Waals surface area contributed by atoms with Gasteiger partial charge in [0.2, 0.25) is 5.88 Å². The number of oxime groups is 1. The van der Waals surface area contributed by atoms with Crippen LogP contribution in [0, 0.1) is 0 Å². The van der Waals surface area contributed by atoms with E-state index in [-0.39, 0.29) is 11.5 Å². The van der Waals surface area contributed by atoms with E-state index >= 15 is 0 Å². The lowest BCUT2D eigenvalue weighted by atomic mass is 10.3. The molecule has 0 aliphatic carbocycles. The zero-order valence-corrected chi connectivity index (χ0v) is 12.6. The third kappa shape index (κ3) is 3.42. The van der Waals surface area contributed by atoms with Crippen LogP contribution >= 0.6 is 31.9 Å². The molecule has 0 atom stereocenters. The summed E-state index contributed by atoms with van der Waals surface area (Å²) >= 11 is 6.73. The molecule has 8 heteroatoms. The molecule has 1 aromatic carbocycles. The fourth-order valence-corrected chi connectivity index (χ4v) is 2.35. The zero-order chi connectivity index (χ0) is 13.8. The summed E-state index contributed by atoms with van der Waals surface area (Å²) in [6, 6.07) is 5.49. The summed E-state index contributed by atoms with van der Waals surface area (Å²) in [5.74, 6) is 0.801. The number of ether oxygens (including phenoxy) is 1. The number of benzene rings is 1. The highest BCUT2D eigenvalue weighted by atomic mass is 79.9. The second kappa shape index (κ2) is 5.98. The van der Waals surface area contributed by atoms with Crippen LogP contribution in [0.2, 0.25) is 0 Å². The van der Waals surface area contributed by atoms with E-state index in [9.17, 15) is 0 Å². The second-order valence-electron chi connectivity index (χ2n) is 3.40. The number of rotatable bonds is 3.